The third kappa shape index (κ3) is 9.56. The molecule has 4 N–H and O–H groups in total. The number of hydrogen-bond donors (Lipinski definition) is 4. The molecule has 1 aromatic heterocycles. The van der Waals surface area contributed by atoms with Gasteiger partial charge in [-0.1, -0.05) is 44.2 Å². The summed E-state index contributed by atoms with van der Waals surface area (Å²) in [6, 6.07) is 6.13. The standard InChI is InChI=1S/C28H38N6O5S2/c1-17(2)24-27(38)32-21(10-11-40-4)26(37)30-18(3)25(36)31-20(12-19-8-6-5-7-9-19)13-34(14-23(35)33-24)28(39)22-15-41-16-29-22/h5-9,15-18,20-21,24H,10-14H2,1-4H3,(H,30,37)(H,31,36)(H,32,38)(H,33,35)/t18-,20+,21-,24-/m0/s1. The van der Waals surface area contributed by atoms with Crippen LogP contribution in [0.25, 0.3) is 0 Å². The summed E-state index contributed by atoms with van der Waals surface area (Å²) in [5.74, 6) is -2.16. The van der Waals surface area contributed by atoms with E-state index in [0.29, 0.717) is 18.6 Å². The molecule has 41 heavy (non-hydrogen) atoms. The number of carbonyl (C=O) groups excluding carboxylic acids is 5. The molecule has 0 spiro atoms. The normalized spacial score (nSPS) is 23.1. The van der Waals surface area contributed by atoms with Gasteiger partial charge in [-0.2, -0.15) is 11.8 Å². The second-order valence-electron chi connectivity index (χ2n) is 10.3. The van der Waals surface area contributed by atoms with Crippen LogP contribution in [0.3, 0.4) is 0 Å². The molecule has 0 bridgehead atoms. The van der Waals surface area contributed by atoms with Crippen molar-refractivity contribution in [3.8, 4) is 0 Å². The molecule has 3 rings (SSSR count). The van der Waals surface area contributed by atoms with E-state index in [0.717, 1.165) is 5.56 Å². The third-order valence-corrected chi connectivity index (χ3v) is 7.88. The third-order valence-electron chi connectivity index (χ3n) is 6.65. The van der Waals surface area contributed by atoms with Crippen molar-refractivity contribution in [2.75, 3.05) is 25.1 Å². The Hall–Kier alpha value is -3.45. The number of rotatable bonds is 7. The van der Waals surface area contributed by atoms with Crippen molar-refractivity contribution in [1.29, 1.82) is 0 Å². The maximum atomic E-state index is 13.5. The van der Waals surface area contributed by atoms with Crippen LogP contribution in [0.1, 0.15) is 43.2 Å². The number of hydrogen-bond acceptors (Lipinski definition) is 8. The van der Waals surface area contributed by atoms with Crippen molar-refractivity contribution < 1.29 is 24.0 Å². The summed E-state index contributed by atoms with van der Waals surface area (Å²) in [4.78, 5) is 71.9. The predicted molar refractivity (Wildman–Crippen MR) is 159 cm³/mol. The first-order valence-corrected chi connectivity index (χ1v) is 15.8. The molecule has 0 unspecified atom stereocenters. The minimum absolute atomic E-state index is 0.0000292. The van der Waals surface area contributed by atoms with Gasteiger partial charge in [-0.05, 0) is 43.3 Å². The van der Waals surface area contributed by atoms with Crippen LogP contribution >= 0.6 is 23.1 Å². The Morgan fingerprint density at radius 2 is 1.78 bits per heavy atom. The molecule has 222 valence electrons. The van der Waals surface area contributed by atoms with E-state index in [4.69, 9.17) is 0 Å². The van der Waals surface area contributed by atoms with E-state index in [-0.39, 0.29) is 24.7 Å². The molecule has 13 heteroatoms. The monoisotopic (exact) mass is 602 g/mol. The molecule has 11 nitrogen and oxygen atoms in total. The van der Waals surface area contributed by atoms with E-state index in [1.165, 1.54) is 33.5 Å². The molecule has 0 radical (unpaired) electrons. The zero-order valence-electron chi connectivity index (χ0n) is 23.7. The first-order valence-electron chi connectivity index (χ1n) is 13.5. The fourth-order valence-corrected chi connectivity index (χ4v) is 5.42. The average molecular weight is 603 g/mol. The van der Waals surface area contributed by atoms with Gasteiger partial charge in [-0.3, -0.25) is 24.0 Å². The number of thiazole rings is 1. The Kier molecular flexibility index (Phi) is 12.1. The molecule has 2 aromatic rings. The van der Waals surface area contributed by atoms with Crippen LogP contribution in [-0.2, 0) is 25.6 Å². The van der Waals surface area contributed by atoms with Gasteiger partial charge in [0.15, 0.2) is 0 Å². The molecule has 1 aromatic carbocycles. The van der Waals surface area contributed by atoms with Crippen molar-refractivity contribution in [2.24, 2.45) is 5.92 Å². The molecule has 1 aliphatic heterocycles. The molecule has 5 amide bonds. The van der Waals surface area contributed by atoms with Gasteiger partial charge in [0.2, 0.25) is 23.6 Å². The zero-order chi connectivity index (χ0) is 29.9. The molecule has 1 fully saturated rings. The van der Waals surface area contributed by atoms with Crippen molar-refractivity contribution >= 4 is 52.6 Å². The van der Waals surface area contributed by atoms with E-state index in [1.54, 1.807) is 26.2 Å². The molecule has 4 atom stereocenters. The Morgan fingerprint density at radius 1 is 1.05 bits per heavy atom. The number of benzene rings is 1. The number of nitrogens with zero attached hydrogens (tertiary/aromatic N) is 2. The van der Waals surface area contributed by atoms with Crippen LogP contribution in [0.4, 0.5) is 0 Å². The van der Waals surface area contributed by atoms with Crippen molar-refractivity contribution in [2.45, 2.75) is 57.8 Å². The smallest absolute Gasteiger partial charge is 0.273 e. The van der Waals surface area contributed by atoms with Crippen LogP contribution in [-0.4, -0.2) is 88.7 Å². The minimum Gasteiger partial charge on any atom is -0.349 e. The molecule has 1 saturated heterocycles. The number of nitrogens with one attached hydrogen (secondary N) is 4. The number of carbonyl (C=O) groups is 5. The Balaban J connectivity index is 1.98. The van der Waals surface area contributed by atoms with Crippen molar-refractivity contribution in [3.63, 3.8) is 0 Å². The molecular formula is C28H38N6O5S2. The second kappa shape index (κ2) is 15.5. The van der Waals surface area contributed by atoms with Gasteiger partial charge in [0.1, 0.15) is 23.8 Å². The van der Waals surface area contributed by atoms with Gasteiger partial charge in [0, 0.05) is 11.9 Å². The van der Waals surface area contributed by atoms with Gasteiger partial charge in [0.05, 0.1) is 18.1 Å². The molecule has 0 aliphatic carbocycles. The topological polar surface area (TPSA) is 150 Å². The first kappa shape index (κ1) is 32.1. The lowest BCUT2D eigenvalue weighted by molar-refractivity contribution is -0.134. The highest BCUT2D eigenvalue weighted by Gasteiger charge is 2.33. The summed E-state index contributed by atoms with van der Waals surface area (Å²) in [5, 5.41) is 12.8. The summed E-state index contributed by atoms with van der Waals surface area (Å²) >= 11 is 2.78. The number of amides is 5. The minimum atomic E-state index is -0.939. The lowest BCUT2D eigenvalue weighted by Crippen LogP contribution is -2.57. The Labute approximate surface area is 248 Å². The van der Waals surface area contributed by atoms with E-state index in [2.05, 4.69) is 26.3 Å². The van der Waals surface area contributed by atoms with Gasteiger partial charge in [-0.15, -0.1) is 11.3 Å². The second-order valence-corrected chi connectivity index (χ2v) is 12.0. The zero-order valence-corrected chi connectivity index (χ0v) is 25.3. The Bertz CT molecular complexity index is 1190. The lowest BCUT2D eigenvalue weighted by atomic mass is 10.0. The summed E-state index contributed by atoms with van der Waals surface area (Å²) in [6.07, 6.45) is 2.62. The highest BCUT2D eigenvalue weighted by molar-refractivity contribution is 7.98. The van der Waals surface area contributed by atoms with Gasteiger partial charge in [0.25, 0.3) is 5.91 Å². The van der Waals surface area contributed by atoms with Gasteiger partial charge < -0.3 is 26.2 Å². The van der Waals surface area contributed by atoms with Gasteiger partial charge >= 0.3 is 0 Å². The molecule has 1 aliphatic rings. The number of thioether (sulfide) groups is 1. The Morgan fingerprint density at radius 3 is 2.41 bits per heavy atom. The summed E-state index contributed by atoms with van der Waals surface area (Å²) in [5.41, 5.74) is 2.63. The van der Waals surface area contributed by atoms with Crippen molar-refractivity contribution in [3.05, 3.63) is 52.5 Å². The SMILES string of the molecule is CSCC[C@@H]1NC(=O)[C@H](C(C)C)NC(=O)CN(C(=O)c2cscn2)C[C@@H](Cc2ccccc2)NC(=O)[C@H](C)NC1=O. The fourth-order valence-electron chi connectivity index (χ4n) is 4.42. The van der Waals surface area contributed by atoms with E-state index in [1.807, 2.05) is 36.6 Å². The van der Waals surface area contributed by atoms with Gasteiger partial charge in [-0.25, -0.2) is 4.98 Å². The van der Waals surface area contributed by atoms with E-state index in [9.17, 15) is 24.0 Å². The fraction of sp³-hybridized carbons (Fsp3) is 0.500. The highest BCUT2D eigenvalue weighted by Crippen LogP contribution is 2.12. The van der Waals surface area contributed by atoms with Crippen LogP contribution in [0.2, 0.25) is 0 Å². The maximum Gasteiger partial charge on any atom is 0.273 e. The largest absolute Gasteiger partial charge is 0.349 e. The summed E-state index contributed by atoms with van der Waals surface area (Å²) < 4.78 is 0. The predicted octanol–water partition coefficient (Wildman–Crippen LogP) is 1.21. The average Bonchev–Trinajstić information content (AvgIpc) is 3.48. The molecule has 2 heterocycles. The first-order chi connectivity index (χ1) is 19.6. The van der Waals surface area contributed by atoms with Crippen LogP contribution in [0, 0.1) is 5.92 Å². The highest BCUT2D eigenvalue weighted by atomic mass is 32.2. The van der Waals surface area contributed by atoms with Crippen LogP contribution < -0.4 is 21.3 Å². The summed E-state index contributed by atoms with van der Waals surface area (Å²) in [6.45, 7) is 4.79. The van der Waals surface area contributed by atoms with Crippen LogP contribution in [0.5, 0.6) is 0 Å². The molecule has 0 saturated carbocycles. The van der Waals surface area contributed by atoms with Crippen molar-refractivity contribution in [1.82, 2.24) is 31.2 Å². The quantitative estimate of drug-likeness (QED) is 0.372. The lowest BCUT2D eigenvalue weighted by Gasteiger charge is -2.29. The number of aromatic nitrogens is 1. The van der Waals surface area contributed by atoms with E-state index < -0.39 is 53.7 Å². The summed E-state index contributed by atoms with van der Waals surface area (Å²) in [7, 11) is 0. The molecular weight excluding hydrogens is 564 g/mol. The maximum absolute atomic E-state index is 13.5. The van der Waals surface area contributed by atoms with E-state index >= 15 is 0 Å². The van der Waals surface area contributed by atoms with Crippen LogP contribution in [0.15, 0.2) is 41.2 Å².